The number of benzene rings is 3. The number of ether oxygens (including phenoxy) is 1. The molecule has 1 saturated heterocycles. The van der Waals surface area contributed by atoms with Gasteiger partial charge >= 0.3 is 0 Å². The van der Waals surface area contributed by atoms with E-state index in [1.54, 1.807) is 0 Å². The highest BCUT2D eigenvalue weighted by atomic mass is 16.5. The highest BCUT2D eigenvalue weighted by molar-refractivity contribution is 5.88. The molecule has 2 heterocycles. The van der Waals surface area contributed by atoms with E-state index in [1.165, 1.54) is 5.56 Å². The first-order chi connectivity index (χ1) is 16.8. The van der Waals surface area contributed by atoms with Crippen molar-refractivity contribution in [3.8, 4) is 5.75 Å². The Balaban J connectivity index is 1.15. The minimum Gasteiger partial charge on any atom is -0.483 e. The molecule has 0 radical (unpaired) electrons. The summed E-state index contributed by atoms with van der Waals surface area (Å²) in [7, 11) is 0. The number of hydrogen-bond acceptors (Lipinski definition) is 4. The summed E-state index contributed by atoms with van der Waals surface area (Å²) in [5, 5.41) is 2.15. The predicted molar refractivity (Wildman–Crippen MR) is 134 cm³/mol. The standard InChI is InChI=1S/C28H30N4O2/c33-28(22-34-26-13-6-11-24-10-4-5-12-25(24)26)31-16-7-15-30(18-19-31)21-27-29-14-17-32(27)20-23-8-2-1-3-9-23/h1-6,8-14,17H,7,15-16,18-22H2. The van der Waals surface area contributed by atoms with Gasteiger partial charge in [0, 0.05) is 50.5 Å². The van der Waals surface area contributed by atoms with Crippen molar-refractivity contribution >= 4 is 16.7 Å². The number of imidazole rings is 1. The number of nitrogens with zero attached hydrogens (tertiary/aromatic N) is 4. The van der Waals surface area contributed by atoms with E-state index in [4.69, 9.17) is 4.74 Å². The summed E-state index contributed by atoms with van der Waals surface area (Å²) in [5.74, 6) is 1.86. The highest BCUT2D eigenvalue weighted by Gasteiger charge is 2.21. The third-order valence-electron chi connectivity index (χ3n) is 6.40. The van der Waals surface area contributed by atoms with Gasteiger partial charge in [-0.3, -0.25) is 9.69 Å². The van der Waals surface area contributed by atoms with Crippen molar-refractivity contribution in [3.05, 3.63) is 96.6 Å². The molecule has 3 aromatic carbocycles. The van der Waals surface area contributed by atoms with Crippen molar-refractivity contribution in [2.45, 2.75) is 19.5 Å². The van der Waals surface area contributed by atoms with Crippen molar-refractivity contribution in [1.29, 1.82) is 0 Å². The molecule has 1 amide bonds. The number of carbonyl (C=O) groups is 1. The van der Waals surface area contributed by atoms with Gasteiger partial charge in [-0.1, -0.05) is 66.7 Å². The molecular formula is C28H30N4O2. The fourth-order valence-electron chi connectivity index (χ4n) is 4.55. The van der Waals surface area contributed by atoms with Gasteiger partial charge in [0.05, 0.1) is 6.54 Å². The predicted octanol–water partition coefficient (Wildman–Crippen LogP) is 4.20. The number of carbonyl (C=O) groups excluding carboxylic acids is 1. The molecule has 1 aliphatic heterocycles. The average molecular weight is 455 g/mol. The molecule has 5 rings (SSSR count). The second-order valence-corrected chi connectivity index (χ2v) is 8.73. The van der Waals surface area contributed by atoms with E-state index in [9.17, 15) is 4.79 Å². The molecule has 0 unspecified atom stereocenters. The fourth-order valence-corrected chi connectivity index (χ4v) is 4.55. The van der Waals surface area contributed by atoms with E-state index >= 15 is 0 Å². The van der Waals surface area contributed by atoms with Gasteiger partial charge in [0.1, 0.15) is 11.6 Å². The lowest BCUT2D eigenvalue weighted by Crippen LogP contribution is -2.38. The van der Waals surface area contributed by atoms with Gasteiger partial charge in [-0.25, -0.2) is 4.98 Å². The first-order valence-electron chi connectivity index (χ1n) is 11.9. The Morgan fingerprint density at radius 2 is 1.68 bits per heavy atom. The van der Waals surface area contributed by atoms with Crippen LogP contribution in [0.3, 0.4) is 0 Å². The molecular weight excluding hydrogens is 424 g/mol. The van der Waals surface area contributed by atoms with Crippen LogP contribution in [0.5, 0.6) is 5.75 Å². The van der Waals surface area contributed by atoms with Gasteiger partial charge in [0.2, 0.25) is 0 Å². The summed E-state index contributed by atoms with van der Waals surface area (Å²) in [4.78, 5) is 21.8. The average Bonchev–Trinajstić information content (AvgIpc) is 3.16. The molecule has 0 spiro atoms. The lowest BCUT2D eigenvalue weighted by Gasteiger charge is -2.22. The molecule has 6 nitrogen and oxygen atoms in total. The lowest BCUT2D eigenvalue weighted by molar-refractivity contribution is -0.133. The molecule has 0 atom stereocenters. The maximum atomic E-state index is 12.9. The van der Waals surface area contributed by atoms with E-state index in [2.05, 4.69) is 50.8 Å². The lowest BCUT2D eigenvalue weighted by atomic mass is 10.1. The fraction of sp³-hybridized carbons (Fsp3) is 0.286. The van der Waals surface area contributed by atoms with Crippen LogP contribution in [-0.4, -0.2) is 58.0 Å². The second-order valence-electron chi connectivity index (χ2n) is 8.73. The second kappa shape index (κ2) is 10.5. The molecule has 1 aliphatic rings. The molecule has 1 aromatic heterocycles. The summed E-state index contributed by atoms with van der Waals surface area (Å²) in [6.07, 6.45) is 4.86. The molecule has 0 aliphatic carbocycles. The number of rotatable bonds is 7. The maximum Gasteiger partial charge on any atom is 0.260 e. The third-order valence-corrected chi connectivity index (χ3v) is 6.40. The zero-order valence-corrected chi connectivity index (χ0v) is 19.3. The van der Waals surface area contributed by atoms with Crippen molar-refractivity contribution in [3.63, 3.8) is 0 Å². The first-order valence-corrected chi connectivity index (χ1v) is 11.9. The van der Waals surface area contributed by atoms with E-state index < -0.39 is 0 Å². The van der Waals surface area contributed by atoms with Crippen molar-refractivity contribution in [1.82, 2.24) is 19.4 Å². The van der Waals surface area contributed by atoms with E-state index in [0.717, 1.165) is 61.5 Å². The number of aromatic nitrogens is 2. The molecule has 4 aromatic rings. The van der Waals surface area contributed by atoms with Crippen molar-refractivity contribution in [2.24, 2.45) is 0 Å². The van der Waals surface area contributed by atoms with Crippen LogP contribution >= 0.6 is 0 Å². The normalized spacial score (nSPS) is 14.8. The summed E-state index contributed by atoms with van der Waals surface area (Å²) in [5.41, 5.74) is 1.26. The molecule has 0 bridgehead atoms. The Labute approximate surface area is 200 Å². The van der Waals surface area contributed by atoms with Gasteiger partial charge in [-0.15, -0.1) is 0 Å². The van der Waals surface area contributed by atoms with Crippen LogP contribution in [0.25, 0.3) is 10.8 Å². The van der Waals surface area contributed by atoms with E-state index in [1.807, 2.05) is 53.7 Å². The molecule has 6 heteroatoms. The maximum absolute atomic E-state index is 12.9. The number of amides is 1. The Kier molecular flexibility index (Phi) is 6.86. The van der Waals surface area contributed by atoms with Crippen LogP contribution in [0, 0.1) is 0 Å². The SMILES string of the molecule is O=C(COc1cccc2ccccc12)N1CCCN(Cc2nccn2Cc2ccccc2)CC1. The minimum absolute atomic E-state index is 0.0420. The van der Waals surface area contributed by atoms with Crippen LogP contribution in [0.2, 0.25) is 0 Å². The van der Waals surface area contributed by atoms with Gasteiger partial charge in [-0.05, 0) is 23.4 Å². The summed E-state index contributed by atoms with van der Waals surface area (Å²) < 4.78 is 8.15. The van der Waals surface area contributed by atoms with E-state index in [-0.39, 0.29) is 12.5 Å². The number of hydrogen-bond donors (Lipinski definition) is 0. The zero-order valence-electron chi connectivity index (χ0n) is 19.3. The molecule has 174 valence electrons. The summed E-state index contributed by atoms with van der Waals surface area (Å²) in [6.45, 7) is 4.91. The Morgan fingerprint density at radius 3 is 2.59 bits per heavy atom. The van der Waals surface area contributed by atoms with Crippen LogP contribution in [0.4, 0.5) is 0 Å². The Bertz CT molecular complexity index is 1230. The third kappa shape index (κ3) is 5.29. The zero-order chi connectivity index (χ0) is 23.2. The quantitative estimate of drug-likeness (QED) is 0.420. The summed E-state index contributed by atoms with van der Waals surface area (Å²) >= 11 is 0. The smallest absolute Gasteiger partial charge is 0.260 e. The van der Waals surface area contributed by atoms with Crippen LogP contribution in [-0.2, 0) is 17.9 Å². The topological polar surface area (TPSA) is 50.6 Å². The summed E-state index contributed by atoms with van der Waals surface area (Å²) in [6, 6.07) is 24.5. The van der Waals surface area contributed by atoms with E-state index in [0.29, 0.717) is 6.54 Å². The Hall–Kier alpha value is -3.64. The van der Waals surface area contributed by atoms with Gasteiger partial charge in [0.25, 0.3) is 5.91 Å². The van der Waals surface area contributed by atoms with Crippen molar-refractivity contribution in [2.75, 3.05) is 32.8 Å². The molecule has 0 N–H and O–H groups in total. The van der Waals surface area contributed by atoms with Crippen LogP contribution < -0.4 is 4.74 Å². The van der Waals surface area contributed by atoms with Crippen LogP contribution in [0.1, 0.15) is 17.8 Å². The Morgan fingerprint density at radius 1 is 0.853 bits per heavy atom. The molecule has 34 heavy (non-hydrogen) atoms. The van der Waals surface area contributed by atoms with Crippen LogP contribution in [0.15, 0.2) is 85.2 Å². The number of fused-ring (bicyclic) bond motifs is 1. The largest absolute Gasteiger partial charge is 0.483 e. The minimum atomic E-state index is 0.0420. The first kappa shape index (κ1) is 22.2. The van der Waals surface area contributed by atoms with Gasteiger partial charge in [0.15, 0.2) is 6.61 Å². The molecule has 1 fully saturated rings. The molecule has 0 saturated carbocycles. The van der Waals surface area contributed by atoms with Gasteiger partial charge in [-0.2, -0.15) is 0 Å². The monoisotopic (exact) mass is 454 g/mol. The highest BCUT2D eigenvalue weighted by Crippen LogP contribution is 2.25. The van der Waals surface area contributed by atoms with Gasteiger partial charge < -0.3 is 14.2 Å². The van der Waals surface area contributed by atoms with Crippen molar-refractivity contribution < 1.29 is 9.53 Å².